The van der Waals surface area contributed by atoms with E-state index in [1.165, 1.54) is 32.4 Å². The molecule has 0 aliphatic carbocycles. The van der Waals surface area contributed by atoms with Crippen molar-refractivity contribution in [3.05, 3.63) is 30.0 Å². The molecule has 3 heterocycles. The van der Waals surface area contributed by atoms with Gasteiger partial charge in [-0.15, -0.1) is 0 Å². The first-order valence-electron chi connectivity index (χ1n) is 11.3. The fourth-order valence-electron chi connectivity index (χ4n) is 4.67. The van der Waals surface area contributed by atoms with Crippen LogP contribution in [0.15, 0.2) is 24.3 Å². The number of hydrogen-bond donors (Lipinski definition) is 0. The molecule has 6 nitrogen and oxygen atoms in total. The third-order valence-electron chi connectivity index (χ3n) is 6.22. The lowest BCUT2D eigenvalue weighted by Crippen LogP contribution is -2.49. The van der Waals surface area contributed by atoms with Gasteiger partial charge in [0.15, 0.2) is 5.69 Å². The van der Waals surface area contributed by atoms with Gasteiger partial charge in [0.25, 0.3) is 5.91 Å². The van der Waals surface area contributed by atoms with E-state index in [1.54, 1.807) is 0 Å². The molecule has 0 spiro atoms. The number of piperazine rings is 1. The molecule has 1 aromatic carbocycles. The number of piperidine rings is 1. The lowest BCUT2D eigenvalue weighted by atomic mass is 10.1. The molecule has 2 aromatic rings. The maximum absolute atomic E-state index is 13.3. The number of hydrogen-bond acceptors (Lipinski definition) is 4. The normalized spacial score (nSPS) is 19.3. The standard InChI is InChI=1S/C23H35N5O/c1-19(2)18-26-12-15-27(16-13-26)23(29)22-20-8-4-5-9-21(20)28(24-22)17-14-25-10-6-3-7-11-25/h4-5,8-9,19H,3,6-7,10-18H2,1-2H3. The molecular formula is C23H35N5O. The number of nitrogens with zero attached hydrogens (tertiary/aromatic N) is 5. The van der Waals surface area contributed by atoms with Gasteiger partial charge in [-0.25, -0.2) is 0 Å². The molecule has 1 amide bonds. The number of carbonyl (C=O) groups is 1. The molecule has 4 rings (SSSR count). The molecule has 0 N–H and O–H groups in total. The van der Waals surface area contributed by atoms with Crippen LogP contribution in [0.25, 0.3) is 10.9 Å². The van der Waals surface area contributed by atoms with Crippen LogP contribution < -0.4 is 0 Å². The van der Waals surface area contributed by atoms with E-state index in [-0.39, 0.29) is 5.91 Å². The van der Waals surface area contributed by atoms with Crippen molar-refractivity contribution >= 4 is 16.8 Å². The summed E-state index contributed by atoms with van der Waals surface area (Å²) < 4.78 is 2.05. The van der Waals surface area contributed by atoms with E-state index in [9.17, 15) is 4.79 Å². The van der Waals surface area contributed by atoms with Crippen molar-refractivity contribution in [3.63, 3.8) is 0 Å². The first kappa shape index (κ1) is 20.4. The number of rotatable bonds is 6. The number of para-hydroxylation sites is 1. The van der Waals surface area contributed by atoms with Gasteiger partial charge in [0, 0.05) is 44.7 Å². The molecule has 0 unspecified atom stereocenters. The molecule has 2 saturated heterocycles. The average molecular weight is 398 g/mol. The number of benzene rings is 1. The van der Waals surface area contributed by atoms with E-state index in [0.717, 1.165) is 56.7 Å². The molecule has 29 heavy (non-hydrogen) atoms. The minimum Gasteiger partial charge on any atom is -0.335 e. The zero-order chi connectivity index (χ0) is 20.2. The number of likely N-dealkylation sites (tertiary alicyclic amines) is 1. The van der Waals surface area contributed by atoms with E-state index < -0.39 is 0 Å². The Morgan fingerprint density at radius 2 is 1.66 bits per heavy atom. The van der Waals surface area contributed by atoms with Crippen molar-refractivity contribution in [2.75, 3.05) is 52.4 Å². The summed E-state index contributed by atoms with van der Waals surface area (Å²) in [5, 5.41) is 5.79. The van der Waals surface area contributed by atoms with Crippen LogP contribution in [0.1, 0.15) is 43.6 Å². The fraction of sp³-hybridized carbons (Fsp3) is 0.652. The number of aromatic nitrogens is 2. The van der Waals surface area contributed by atoms with E-state index in [0.29, 0.717) is 11.6 Å². The predicted molar refractivity (Wildman–Crippen MR) is 117 cm³/mol. The Labute approximate surface area is 174 Å². The summed E-state index contributed by atoms with van der Waals surface area (Å²) in [6, 6.07) is 8.19. The quantitative estimate of drug-likeness (QED) is 0.752. The molecular weight excluding hydrogens is 362 g/mol. The van der Waals surface area contributed by atoms with Crippen molar-refractivity contribution < 1.29 is 4.79 Å². The monoisotopic (exact) mass is 397 g/mol. The van der Waals surface area contributed by atoms with Crippen molar-refractivity contribution in [1.82, 2.24) is 24.5 Å². The second kappa shape index (κ2) is 9.26. The van der Waals surface area contributed by atoms with Gasteiger partial charge in [0.05, 0.1) is 12.1 Å². The first-order valence-corrected chi connectivity index (χ1v) is 11.3. The summed E-state index contributed by atoms with van der Waals surface area (Å²) in [6.45, 7) is 13.3. The van der Waals surface area contributed by atoms with Gasteiger partial charge in [-0.1, -0.05) is 38.5 Å². The van der Waals surface area contributed by atoms with Gasteiger partial charge in [-0.05, 0) is 37.9 Å². The Balaban J connectivity index is 1.46. The summed E-state index contributed by atoms with van der Waals surface area (Å²) in [5.74, 6) is 0.749. The van der Waals surface area contributed by atoms with Crippen LogP contribution in [0.3, 0.4) is 0 Å². The highest BCUT2D eigenvalue weighted by molar-refractivity contribution is 6.04. The van der Waals surface area contributed by atoms with Crippen LogP contribution in [0.4, 0.5) is 0 Å². The lowest BCUT2D eigenvalue weighted by Gasteiger charge is -2.35. The molecule has 158 valence electrons. The number of fused-ring (bicyclic) bond motifs is 1. The largest absolute Gasteiger partial charge is 0.335 e. The Bertz CT molecular complexity index is 816. The SMILES string of the molecule is CC(C)CN1CCN(C(=O)c2nn(CCN3CCCCC3)c3ccccc23)CC1. The Hall–Kier alpha value is -1.92. The molecule has 2 aliphatic heterocycles. The predicted octanol–water partition coefficient (Wildman–Crippen LogP) is 2.94. The number of amides is 1. The van der Waals surface area contributed by atoms with Crippen LogP contribution in [0.5, 0.6) is 0 Å². The van der Waals surface area contributed by atoms with Gasteiger partial charge in [-0.3, -0.25) is 14.4 Å². The minimum absolute atomic E-state index is 0.0853. The van der Waals surface area contributed by atoms with Crippen LogP contribution in [0, 0.1) is 5.92 Å². The third kappa shape index (κ3) is 4.81. The summed E-state index contributed by atoms with van der Waals surface area (Å²) >= 11 is 0. The van der Waals surface area contributed by atoms with E-state index in [2.05, 4.69) is 29.7 Å². The second-order valence-electron chi connectivity index (χ2n) is 8.98. The molecule has 1 aromatic heterocycles. The van der Waals surface area contributed by atoms with Crippen LogP contribution in [-0.4, -0.2) is 82.7 Å². The van der Waals surface area contributed by atoms with Gasteiger partial charge in [-0.2, -0.15) is 5.10 Å². The zero-order valence-electron chi connectivity index (χ0n) is 18.0. The molecule has 6 heteroatoms. The fourth-order valence-corrected chi connectivity index (χ4v) is 4.67. The molecule has 2 fully saturated rings. The topological polar surface area (TPSA) is 44.6 Å². The third-order valence-corrected chi connectivity index (χ3v) is 6.22. The highest BCUT2D eigenvalue weighted by atomic mass is 16.2. The summed E-state index contributed by atoms with van der Waals surface area (Å²) in [5.41, 5.74) is 1.70. The van der Waals surface area contributed by atoms with Gasteiger partial charge >= 0.3 is 0 Å². The average Bonchev–Trinajstić information content (AvgIpc) is 3.11. The number of carbonyl (C=O) groups excluding carboxylic acids is 1. The maximum Gasteiger partial charge on any atom is 0.275 e. The van der Waals surface area contributed by atoms with Crippen molar-refractivity contribution in [2.45, 2.75) is 39.7 Å². The minimum atomic E-state index is 0.0853. The summed E-state index contributed by atoms with van der Waals surface area (Å²) in [4.78, 5) is 20.3. The zero-order valence-corrected chi connectivity index (χ0v) is 18.0. The highest BCUT2D eigenvalue weighted by Crippen LogP contribution is 2.21. The van der Waals surface area contributed by atoms with Gasteiger partial charge in [0.1, 0.15) is 0 Å². The maximum atomic E-state index is 13.3. The highest BCUT2D eigenvalue weighted by Gasteiger charge is 2.26. The molecule has 0 bridgehead atoms. The molecule has 2 aliphatic rings. The van der Waals surface area contributed by atoms with Crippen molar-refractivity contribution in [3.8, 4) is 0 Å². The van der Waals surface area contributed by atoms with Gasteiger partial charge in [0.2, 0.25) is 0 Å². The summed E-state index contributed by atoms with van der Waals surface area (Å²) in [7, 11) is 0. The van der Waals surface area contributed by atoms with E-state index in [1.807, 2.05) is 27.8 Å². The van der Waals surface area contributed by atoms with Crippen molar-refractivity contribution in [1.29, 1.82) is 0 Å². The smallest absolute Gasteiger partial charge is 0.275 e. The molecule has 0 radical (unpaired) electrons. The Kier molecular flexibility index (Phi) is 6.50. The van der Waals surface area contributed by atoms with Crippen molar-refractivity contribution in [2.24, 2.45) is 5.92 Å². The summed E-state index contributed by atoms with van der Waals surface area (Å²) in [6.07, 6.45) is 3.95. The molecule has 0 atom stereocenters. The van der Waals surface area contributed by atoms with E-state index in [4.69, 9.17) is 5.10 Å². The van der Waals surface area contributed by atoms with Crippen LogP contribution in [-0.2, 0) is 6.54 Å². The van der Waals surface area contributed by atoms with Crippen LogP contribution in [0.2, 0.25) is 0 Å². The lowest BCUT2D eigenvalue weighted by molar-refractivity contribution is 0.0619. The van der Waals surface area contributed by atoms with Gasteiger partial charge < -0.3 is 9.80 Å². The molecule has 0 saturated carbocycles. The second-order valence-corrected chi connectivity index (χ2v) is 8.98. The Morgan fingerprint density at radius 1 is 0.931 bits per heavy atom. The first-order chi connectivity index (χ1) is 14.1. The van der Waals surface area contributed by atoms with E-state index >= 15 is 0 Å². The van der Waals surface area contributed by atoms with Crippen LogP contribution >= 0.6 is 0 Å². The Morgan fingerprint density at radius 3 is 2.38 bits per heavy atom.